The van der Waals surface area contributed by atoms with Crippen molar-refractivity contribution in [3.8, 4) is 0 Å². The van der Waals surface area contributed by atoms with E-state index >= 15 is 0 Å². The molecule has 6 nitrogen and oxygen atoms in total. The van der Waals surface area contributed by atoms with Crippen molar-refractivity contribution in [2.24, 2.45) is 5.92 Å². The van der Waals surface area contributed by atoms with Crippen LogP contribution in [0.1, 0.15) is 40.0 Å². The van der Waals surface area contributed by atoms with E-state index in [1.54, 1.807) is 13.8 Å². The summed E-state index contributed by atoms with van der Waals surface area (Å²) in [4.78, 5) is 46.1. The summed E-state index contributed by atoms with van der Waals surface area (Å²) < 4.78 is 9.86. The first-order valence-corrected chi connectivity index (χ1v) is 5.83. The summed E-state index contributed by atoms with van der Waals surface area (Å²) in [5.74, 6) is -5.92. The molecule has 18 heavy (non-hydrogen) atoms. The Labute approximate surface area is 105 Å². The van der Waals surface area contributed by atoms with Crippen LogP contribution in [0.15, 0.2) is 0 Å². The number of ketones is 2. The van der Waals surface area contributed by atoms with Crippen molar-refractivity contribution in [2.45, 2.75) is 45.8 Å². The lowest BCUT2D eigenvalue weighted by molar-refractivity contribution is -0.245. The van der Waals surface area contributed by atoms with Crippen LogP contribution in [0.25, 0.3) is 0 Å². The Morgan fingerprint density at radius 3 is 2.06 bits per heavy atom. The monoisotopic (exact) mass is 256 g/mol. The van der Waals surface area contributed by atoms with Crippen molar-refractivity contribution in [1.82, 2.24) is 0 Å². The first-order valence-electron chi connectivity index (χ1n) is 5.83. The largest absolute Gasteiger partial charge is 0.422 e. The van der Waals surface area contributed by atoms with Gasteiger partial charge in [-0.2, -0.15) is 0 Å². The lowest BCUT2D eigenvalue weighted by Gasteiger charge is -2.34. The SMILES string of the molecule is CCC(=O)CC(=O)C1C(=O)OC(C)(CC)OC1=O. The summed E-state index contributed by atoms with van der Waals surface area (Å²) in [7, 11) is 0. The molecule has 1 aliphatic rings. The second-order valence-electron chi connectivity index (χ2n) is 4.30. The van der Waals surface area contributed by atoms with Crippen molar-refractivity contribution < 1.29 is 28.7 Å². The molecule has 0 aromatic heterocycles. The molecule has 0 saturated carbocycles. The van der Waals surface area contributed by atoms with E-state index in [9.17, 15) is 19.2 Å². The molecule has 0 aromatic rings. The number of hydrogen-bond acceptors (Lipinski definition) is 6. The van der Waals surface area contributed by atoms with Gasteiger partial charge in [0, 0.05) is 19.8 Å². The smallest absolute Gasteiger partial charge is 0.331 e. The first kappa shape index (κ1) is 14.3. The molecule has 1 rings (SSSR count). The zero-order chi connectivity index (χ0) is 13.9. The van der Waals surface area contributed by atoms with Gasteiger partial charge < -0.3 is 9.47 Å². The Bertz CT molecular complexity index is 379. The molecule has 6 heteroatoms. The quantitative estimate of drug-likeness (QED) is 0.533. The molecular formula is C12H16O6. The third kappa shape index (κ3) is 2.94. The molecule has 0 radical (unpaired) electrons. The Morgan fingerprint density at radius 1 is 1.17 bits per heavy atom. The van der Waals surface area contributed by atoms with Gasteiger partial charge in [-0.05, 0) is 0 Å². The predicted molar refractivity (Wildman–Crippen MR) is 59.3 cm³/mol. The van der Waals surface area contributed by atoms with Crippen molar-refractivity contribution in [3.63, 3.8) is 0 Å². The fraction of sp³-hybridized carbons (Fsp3) is 0.667. The van der Waals surface area contributed by atoms with E-state index in [1.807, 2.05) is 0 Å². The van der Waals surface area contributed by atoms with E-state index < -0.39 is 35.8 Å². The van der Waals surface area contributed by atoms with Crippen LogP contribution in [-0.2, 0) is 28.7 Å². The van der Waals surface area contributed by atoms with Crippen LogP contribution in [-0.4, -0.2) is 29.3 Å². The van der Waals surface area contributed by atoms with Gasteiger partial charge in [0.1, 0.15) is 5.78 Å². The predicted octanol–water partition coefficient (Wildman–Crippen LogP) is 0.767. The summed E-state index contributed by atoms with van der Waals surface area (Å²) in [6.07, 6.45) is 0.0166. The Kier molecular flexibility index (Phi) is 4.21. The summed E-state index contributed by atoms with van der Waals surface area (Å²) in [5.41, 5.74) is 0. The topological polar surface area (TPSA) is 86.7 Å². The molecule has 0 atom stereocenters. The molecule has 1 fully saturated rings. The van der Waals surface area contributed by atoms with Gasteiger partial charge in [-0.25, -0.2) is 0 Å². The highest BCUT2D eigenvalue weighted by Gasteiger charge is 2.48. The second kappa shape index (κ2) is 5.29. The number of ether oxygens (including phenoxy) is 2. The lowest BCUT2D eigenvalue weighted by Crippen LogP contribution is -2.50. The third-order valence-corrected chi connectivity index (χ3v) is 2.83. The van der Waals surface area contributed by atoms with Gasteiger partial charge >= 0.3 is 11.9 Å². The molecule has 1 aliphatic heterocycles. The first-order chi connectivity index (χ1) is 8.33. The Morgan fingerprint density at radius 2 is 1.67 bits per heavy atom. The van der Waals surface area contributed by atoms with Crippen LogP contribution in [0, 0.1) is 5.92 Å². The van der Waals surface area contributed by atoms with E-state index in [0.29, 0.717) is 6.42 Å². The number of carbonyl (C=O) groups excluding carboxylic acids is 4. The van der Waals surface area contributed by atoms with E-state index in [1.165, 1.54) is 6.92 Å². The fourth-order valence-electron chi connectivity index (χ4n) is 1.49. The van der Waals surface area contributed by atoms with Crippen LogP contribution in [0.5, 0.6) is 0 Å². The summed E-state index contributed by atoms with van der Waals surface area (Å²) in [6.45, 7) is 4.73. The molecule has 0 aromatic carbocycles. The molecule has 0 amide bonds. The standard InChI is InChI=1S/C12H16O6/c1-4-7(13)6-8(14)9-10(15)17-12(3,5-2)18-11(9)16/h9H,4-6H2,1-3H3. The van der Waals surface area contributed by atoms with Crippen molar-refractivity contribution in [1.29, 1.82) is 0 Å². The molecule has 1 heterocycles. The molecule has 0 bridgehead atoms. The minimum atomic E-state index is -1.62. The number of cyclic esters (lactones) is 2. The molecule has 0 unspecified atom stereocenters. The van der Waals surface area contributed by atoms with Gasteiger partial charge in [0.15, 0.2) is 5.78 Å². The number of hydrogen-bond donors (Lipinski definition) is 0. The number of Topliss-reactive ketones (excluding diaryl/α,β-unsaturated/α-hetero) is 2. The Balaban J connectivity index is 2.80. The highest BCUT2D eigenvalue weighted by Crippen LogP contribution is 2.27. The average Bonchev–Trinajstić information content (AvgIpc) is 2.27. The van der Waals surface area contributed by atoms with Gasteiger partial charge in [0.2, 0.25) is 5.92 Å². The summed E-state index contributed by atoms with van der Waals surface area (Å²) >= 11 is 0. The van der Waals surface area contributed by atoms with Crippen molar-refractivity contribution in [3.05, 3.63) is 0 Å². The minimum absolute atomic E-state index is 0.176. The maximum Gasteiger partial charge on any atom is 0.331 e. The molecule has 100 valence electrons. The average molecular weight is 256 g/mol. The number of esters is 2. The highest BCUT2D eigenvalue weighted by atomic mass is 16.7. The highest BCUT2D eigenvalue weighted by molar-refractivity contribution is 6.19. The van der Waals surface area contributed by atoms with E-state index in [-0.39, 0.29) is 12.2 Å². The molecule has 1 saturated heterocycles. The van der Waals surface area contributed by atoms with E-state index in [2.05, 4.69) is 0 Å². The fourth-order valence-corrected chi connectivity index (χ4v) is 1.49. The molecular weight excluding hydrogens is 240 g/mol. The van der Waals surface area contributed by atoms with Gasteiger partial charge in [0.25, 0.3) is 5.79 Å². The maximum absolute atomic E-state index is 11.7. The normalized spacial score (nSPS) is 27.4. The van der Waals surface area contributed by atoms with Gasteiger partial charge in [-0.15, -0.1) is 0 Å². The zero-order valence-corrected chi connectivity index (χ0v) is 10.6. The summed E-state index contributed by atoms with van der Waals surface area (Å²) in [5, 5.41) is 0. The Hall–Kier alpha value is -1.72. The zero-order valence-electron chi connectivity index (χ0n) is 10.6. The molecule has 0 spiro atoms. The van der Waals surface area contributed by atoms with Crippen molar-refractivity contribution >= 4 is 23.5 Å². The third-order valence-electron chi connectivity index (χ3n) is 2.83. The summed E-state index contributed by atoms with van der Waals surface area (Å²) in [6, 6.07) is 0. The minimum Gasteiger partial charge on any atom is -0.422 e. The maximum atomic E-state index is 11.7. The van der Waals surface area contributed by atoms with Crippen LogP contribution < -0.4 is 0 Å². The van der Waals surface area contributed by atoms with Crippen LogP contribution >= 0.6 is 0 Å². The van der Waals surface area contributed by atoms with Crippen LogP contribution in [0.4, 0.5) is 0 Å². The van der Waals surface area contributed by atoms with Gasteiger partial charge in [-0.3, -0.25) is 19.2 Å². The van der Waals surface area contributed by atoms with Gasteiger partial charge in [0.05, 0.1) is 6.42 Å². The lowest BCUT2D eigenvalue weighted by atomic mass is 9.97. The van der Waals surface area contributed by atoms with Gasteiger partial charge in [-0.1, -0.05) is 13.8 Å². The van der Waals surface area contributed by atoms with Crippen LogP contribution in [0.2, 0.25) is 0 Å². The second-order valence-corrected chi connectivity index (χ2v) is 4.30. The molecule has 0 N–H and O–H groups in total. The van der Waals surface area contributed by atoms with Crippen LogP contribution in [0.3, 0.4) is 0 Å². The van der Waals surface area contributed by atoms with E-state index in [4.69, 9.17) is 9.47 Å². The number of rotatable bonds is 5. The number of carbonyl (C=O) groups is 4. The van der Waals surface area contributed by atoms with E-state index in [0.717, 1.165) is 0 Å². The molecule has 0 aliphatic carbocycles. The van der Waals surface area contributed by atoms with Crippen molar-refractivity contribution in [2.75, 3.05) is 0 Å².